The summed E-state index contributed by atoms with van der Waals surface area (Å²) in [5.41, 5.74) is -1.06. The first-order valence-corrected chi connectivity index (χ1v) is 10.4. The fourth-order valence-electron chi connectivity index (χ4n) is 2.61. The van der Waals surface area contributed by atoms with Crippen LogP contribution in [0.2, 0.25) is 0 Å². The number of hydrogen-bond acceptors (Lipinski definition) is 4. The van der Waals surface area contributed by atoms with E-state index in [-0.39, 0.29) is 17.8 Å². The van der Waals surface area contributed by atoms with Crippen LogP contribution in [0.3, 0.4) is 0 Å². The summed E-state index contributed by atoms with van der Waals surface area (Å²) in [7, 11) is -4.28. The maximum atomic E-state index is 12.9. The smallest absolute Gasteiger partial charge is 0.325 e. The van der Waals surface area contributed by atoms with Crippen molar-refractivity contribution in [3.63, 3.8) is 0 Å². The van der Waals surface area contributed by atoms with Crippen LogP contribution in [0.4, 0.5) is 28.9 Å². The third-order valence-electron chi connectivity index (χ3n) is 4.01. The van der Waals surface area contributed by atoms with Crippen LogP contribution in [0, 0.1) is 5.82 Å². The molecule has 0 aliphatic heterocycles. The van der Waals surface area contributed by atoms with Crippen LogP contribution in [0.5, 0.6) is 0 Å². The molecule has 0 radical (unpaired) electrons. The Morgan fingerprint density at radius 1 is 1.00 bits per heavy atom. The third-order valence-corrected chi connectivity index (χ3v) is 6.09. The second-order valence-electron chi connectivity index (χ2n) is 6.33. The minimum absolute atomic E-state index is 0.165. The van der Waals surface area contributed by atoms with Crippen molar-refractivity contribution in [3.8, 4) is 0 Å². The summed E-state index contributed by atoms with van der Waals surface area (Å²) >= 11 is 0. The molecule has 11 heteroatoms. The van der Waals surface area contributed by atoms with Gasteiger partial charge in [0.15, 0.2) is 9.84 Å². The van der Waals surface area contributed by atoms with Gasteiger partial charge in [-0.2, -0.15) is 13.2 Å². The van der Waals surface area contributed by atoms with E-state index in [0.29, 0.717) is 6.07 Å². The van der Waals surface area contributed by atoms with Gasteiger partial charge in [-0.15, -0.1) is 0 Å². The number of hydrogen-bond donors (Lipinski definition) is 2. The molecule has 6 nitrogen and oxygen atoms in total. The number of alkyl halides is 3. The highest BCUT2D eigenvalue weighted by molar-refractivity contribution is 7.93. The van der Waals surface area contributed by atoms with Crippen molar-refractivity contribution in [2.45, 2.75) is 24.8 Å². The number of halogens is 4. The first-order valence-electron chi connectivity index (χ1n) is 8.67. The summed E-state index contributed by atoms with van der Waals surface area (Å²) in [5, 5.41) is 2.78. The lowest BCUT2D eigenvalue weighted by molar-refractivity contribution is -0.137. The fourth-order valence-corrected chi connectivity index (χ4v) is 4.14. The molecule has 0 fully saturated rings. The highest BCUT2D eigenvalue weighted by atomic mass is 32.2. The van der Waals surface area contributed by atoms with Crippen molar-refractivity contribution in [3.05, 3.63) is 59.9 Å². The van der Waals surface area contributed by atoms with Gasteiger partial charge in [-0.3, -0.25) is 9.59 Å². The lowest BCUT2D eigenvalue weighted by atomic mass is 10.2. The summed E-state index contributed by atoms with van der Waals surface area (Å²) in [4.78, 5) is 24.4. The molecule has 0 aliphatic rings. The van der Waals surface area contributed by atoms with E-state index in [9.17, 15) is 35.6 Å². The Labute approximate surface area is 170 Å². The number of nitrogens with one attached hydrogen (secondary N) is 2. The van der Waals surface area contributed by atoms with E-state index in [1.54, 1.807) is 0 Å². The maximum Gasteiger partial charge on any atom is 0.416 e. The molecule has 0 spiro atoms. The molecule has 1 atom stereocenters. The van der Waals surface area contributed by atoms with Crippen molar-refractivity contribution in [1.29, 1.82) is 0 Å². The molecule has 0 heterocycles. The lowest BCUT2D eigenvalue weighted by Gasteiger charge is -2.16. The molecule has 0 bridgehead atoms. The molecule has 2 rings (SSSR count). The van der Waals surface area contributed by atoms with Gasteiger partial charge in [-0.05, 0) is 48.9 Å². The van der Waals surface area contributed by atoms with E-state index in [4.69, 9.17) is 0 Å². The normalized spacial score (nSPS) is 12.8. The molecule has 2 amide bonds. The number of anilines is 2. The van der Waals surface area contributed by atoms with Gasteiger partial charge < -0.3 is 10.6 Å². The molecular weight excluding hydrogens is 428 g/mol. The van der Waals surface area contributed by atoms with Crippen molar-refractivity contribution < 1.29 is 35.6 Å². The Bertz CT molecular complexity index is 1020. The van der Waals surface area contributed by atoms with Gasteiger partial charge in [-0.1, -0.05) is 13.0 Å². The minimum atomic E-state index is -4.63. The predicted octanol–water partition coefficient (Wildman–Crippen LogP) is 3.62. The zero-order chi connectivity index (χ0) is 22.5. The number of rotatable bonds is 7. The molecule has 162 valence electrons. The van der Waals surface area contributed by atoms with Gasteiger partial charge in [0.05, 0.1) is 5.56 Å². The highest BCUT2D eigenvalue weighted by Crippen LogP contribution is 2.30. The minimum Gasteiger partial charge on any atom is -0.325 e. The van der Waals surface area contributed by atoms with Gasteiger partial charge >= 0.3 is 6.18 Å². The van der Waals surface area contributed by atoms with E-state index in [0.717, 1.165) is 24.3 Å². The summed E-state index contributed by atoms with van der Waals surface area (Å²) < 4.78 is 76.3. The maximum absolute atomic E-state index is 12.9. The van der Waals surface area contributed by atoms with E-state index in [1.807, 2.05) is 0 Å². The van der Waals surface area contributed by atoms with E-state index in [2.05, 4.69) is 10.6 Å². The summed E-state index contributed by atoms with van der Waals surface area (Å²) in [6, 6.07) is 8.36. The van der Waals surface area contributed by atoms with Crippen LogP contribution in [0.25, 0.3) is 0 Å². The Morgan fingerprint density at radius 3 is 2.20 bits per heavy atom. The lowest BCUT2D eigenvalue weighted by Crippen LogP contribution is -2.39. The van der Waals surface area contributed by atoms with Crippen LogP contribution >= 0.6 is 0 Å². The van der Waals surface area contributed by atoms with Crippen molar-refractivity contribution >= 4 is 33.0 Å². The monoisotopic (exact) mass is 446 g/mol. The van der Waals surface area contributed by atoms with Crippen molar-refractivity contribution in [1.82, 2.24) is 0 Å². The molecule has 0 aromatic heterocycles. The first kappa shape index (κ1) is 23.3. The Kier molecular flexibility index (Phi) is 7.19. The molecule has 2 N–H and O–H groups in total. The third kappa shape index (κ3) is 6.28. The Balaban J connectivity index is 2.10. The zero-order valence-corrected chi connectivity index (χ0v) is 16.5. The fraction of sp³-hybridized carbons (Fsp3) is 0.263. The summed E-state index contributed by atoms with van der Waals surface area (Å²) in [5.74, 6) is -3.56. The number of carbonyl (C=O) groups is 2. The predicted molar refractivity (Wildman–Crippen MR) is 103 cm³/mol. The SMILES string of the molecule is CCC(C(=O)Nc1cccc(C(F)(F)F)c1)S(=O)(=O)CC(=O)Nc1ccc(F)cc1. The van der Waals surface area contributed by atoms with Crippen LogP contribution in [-0.2, 0) is 25.6 Å². The van der Waals surface area contributed by atoms with Gasteiger partial charge in [0.25, 0.3) is 0 Å². The summed E-state index contributed by atoms with van der Waals surface area (Å²) in [6.07, 6.45) is -4.83. The quantitative estimate of drug-likeness (QED) is 0.636. The average Bonchev–Trinajstić information content (AvgIpc) is 2.63. The van der Waals surface area contributed by atoms with Crippen LogP contribution < -0.4 is 10.6 Å². The standard InChI is InChI=1S/C19H18F4N2O4S/c1-2-16(18(27)25-15-5-3-4-12(10-15)19(21,22)23)30(28,29)11-17(26)24-14-8-6-13(20)7-9-14/h3-10,16H,2,11H2,1H3,(H,24,26)(H,25,27). The Morgan fingerprint density at radius 2 is 1.63 bits per heavy atom. The molecule has 0 saturated heterocycles. The van der Waals surface area contributed by atoms with Gasteiger partial charge in [-0.25, -0.2) is 12.8 Å². The second kappa shape index (κ2) is 9.24. The Hall–Kier alpha value is -2.95. The molecular formula is C19H18F4N2O4S. The van der Waals surface area contributed by atoms with Crippen molar-refractivity contribution in [2.24, 2.45) is 0 Å². The van der Waals surface area contributed by atoms with E-state index < -0.39 is 50.2 Å². The molecule has 0 saturated carbocycles. The number of amides is 2. The van der Waals surface area contributed by atoms with Crippen LogP contribution in [-0.4, -0.2) is 31.2 Å². The number of sulfone groups is 1. The van der Waals surface area contributed by atoms with E-state index >= 15 is 0 Å². The number of benzene rings is 2. The van der Waals surface area contributed by atoms with Gasteiger partial charge in [0.2, 0.25) is 11.8 Å². The van der Waals surface area contributed by atoms with Crippen LogP contribution in [0.15, 0.2) is 48.5 Å². The average molecular weight is 446 g/mol. The van der Waals surface area contributed by atoms with Gasteiger partial charge in [0, 0.05) is 11.4 Å². The van der Waals surface area contributed by atoms with Gasteiger partial charge in [0.1, 0.15) is 16.8 Å². The second-order valence-corrected chi connectivity index (χ2v) is 8.51. The summed E-state index contributed by atoms with van der Waals surface area (Å²) in [6.45, 7) is 1.39. The zero-order valence-electron chi connectivity index (χ0n) is 15.7. The molecule has 2 aromatic carbocycles. The first-order chi connectivity index (χ1) is 13.9. The number of carbonyl (C=O) groups excluding carboxylic acids is 2. The van der Waals surface area contributed by atoms with E-state index in [1.165, 1.54) is 25.1 Å². The van der Waals surface area contributed by atoms with Crippen molar-refractivity contribution in [2.75, 3.05) is 16.4 Å². The topological polar surface area (TPSA) is 92.3 Å². The molecule has 0 aliphatic carbocycles. The largest absolute Gasteiger partial charge is 0.416 e. The molecule has 30 heavy (non-hydrogen) atoms. The molecule has 1 unspecified atom stereocenters. The molecule has 2 aromatic rings. The van der Waals surface area contributed by atoms with Crippen LogP contribution in [0.1, 0.15) is 18.9 Å². The highest BCUT2D eigenvalue weighted by Gasteiger charge is 2.34.